The van der Waals surface area contributed by atoms with E-state index in [1.165, 1.54) is 5.56 Å². The minimum atomic E-state index is 0.125. The molecule has 1 fully saturated rings. The Balaban J connectivity index is 2.01. The van der Waals surface area contributed by atoms with Crippen molar-refractivity contribution in [1.82, 2.24) is 10.2 Å². The van der Waals surface area contributed by atoms with E-state index in [2.05, 4.69) is 24.0 Å². The second kappa shape index (κ2) is 4.40. The molecule has 0 spiro atoms. The van der Waals surface area contributed by atoms with Crippen LogP contribution in [0.4, 0.5) is 5.82 Å². The van der Waals surface area contributed by atoms with E-state index in [4.69, 9.17) is 28.9 Å². The van der Waals surface area contributed by atoms with Crippen molar-refractivity contribution in [3.63, 3.8) is 0 Å². The fraction of sp³-hybridized carbons (Fsp3) is 0.400. The molecule has 3 rings (SSSR count). The maximum atomic E-state index is 6.12. The molecule has 1 aromatic carbocycles. The van der Waals surface area contributed by atoms with Gasteiger partial charge in [-0.05, 0) is 42.0 Å². The molecule has 2 aromatic rings. The van der Waals surface area contributed by atoms with E-state index in [-0.39, 0.29) is 5.41 Å². The Hall–Kier alpha value is -1.19. The first-order valence-electron chi connectivity index (χ1n) is 6.58. The number of nitrogen functional groups attached to an aromatic ring is 1. The zero-order chi connectivity index (χ0) is 14.7. The summed E-state index contributed by atoms with van der Waals surface area (Å²) < 4.78 is 0. The fourth-order valence-electron chi connectivity index (χ4n) is 3.25. The highest BCUT2D eigenvalue weighted by molar-refractivity contribution is 6.34. The number of rotatable bonds is 2. The van der Waals surface area contributed by atoms with Gasteiger partial charge in [-0.1, -0.05) is 37.0 Å². The van der Waals surface area contributed by atoms with Crippen molar-refractivity contribution in [1.29, 1.82) is 0 Å². The average molecular weight is 310 g/mol. The third-order valence-corrected chi connectivity index (χ3v) is 4.89. The largest absolute Gasteiger partial charge is 0.384 e. The molecule has 0 aliphatic heterocycles. The van der Waals surface area contributed by atoms with Crippen molar-refractivity contribution in [2.75, 3.05) is 5.73 Å². The number of nitrogens with one attached hydrogen (secondary N) is 1. The highest BCUT2D eigenvalue weighted by atomic mass is 35.5. The highest BCUT2D eigenvalue weighted by Crippen LogP contribution is 2.70. The van der Waals surface area contributed by atoms with Crippen LogP contribution in [-0.2, 0) is 0 Å². The second-order valence-electron chi connectivity index (χ2n) is 6.13. The third kappa shape index (κ3) is 2.00. The van der Waals surface area contributed by atoms with Gasteiger partial charge in [0.05, 0.1) is 5.69 Å². The Morgan fingerprint density at radius 1 is 1.15 bits per heavy atom. The van der Waals surface area contributed by atoms with Crippen LogP contribution in [0.15, 0.2) is 18.2 Å². The van der Waals surface area contributed by atoms with Crippen LogP contribution in [-0.4, -0.2) is 10.2 Å². The summed E-state index contributed by atoms with van der Waals surface area (Å²) in [5.74, 6) is 1.34. The molecule has 106 valence electrons. The molecule has 3 N–H and O–H groups in total. The number of aromatic amines is 1. The highest BCUT2D eigenvalue weighted by Gasteiger charge is 2.60. The minimum absolute atomic E-state index is 0.125. The molecule has 1 heterocycles. The number of hydrogen-bond acceptors (Lipinski definition) is 2. The van der Waals surface area contributed by atoms with E-state index in [1.54, 1.807) is 6.07 Å². The monoisotopic (exact) mass is 309 g/mol. The van der Waals surface area contributed by atoms with Crippen LogP contribution < -0.4 is 5.73 Å². The molecule has 0 unspecified atom stereocenters. The molecule has 1 aliphatic carbocycles. The molecule has 1 aliphatic rings. The normalized spacial score (nSPS) is 23.9. The third-order valence-electron chi connectivity index (χ3n) is 4.45. The van der Waals surface area contributed by atoms with Crippen LogP contribution in [0, 0.1) is 12.3 Å². The molecular weight excluding hydrogens is 293 g/mol. The summed E-state index contributed by atoms with van der Waals surface area (Å²) in [4.78, 5) is 0. The van der Waals surface area contributed by atoms with Gasteiger partial charge < -0.3 is 5.73 Å². The molecular formula is C15H17Cl2N3. The predicted octanol–water partition coefficient (Wildman–Crippen LogP) is 4.51. The first-order valence-corrected chi connectivity index (χ1v) is 7.34. The maximum absolute atomic E-state index is 6.12. The van der Waals surface area contributed by atoms with Crippen molar-refractivity contribution >= 4 is 29.0 Å². The number of nitrogens with two attached hydrogens (primary N) is 1. The summed E-state index contributed by atoms with van der Waals surface area (Å²) in [6.07, 6.45) is 0. The molecule has 0 amide bonds. The van der Waals surface area contributed by atoms with Crippen LogP contribution in [0.2, 0.25) is 10.0 Å². The SMILES string of the molecule is Cc1c([C@@H]2[C@@H](c3cc(Cl)cc(Cl)c3)C2(C)C)n[nH]c1N. The quantitative estimate of drug-likeness (QED) is 0.857. The van der Waals surface area contributed by atoms with Gasteiger partial charge in [0.25, 0.3) is 0 Å². The first kappa shape index (κ1) is 13.8. The number of aromatic nitrogens is 2. The van der Waals surface area contributed by atoms with Gasteiger partial charge in [0, 0.05) is 21.5 Å². The van der Waals surface area contributed by atoms with Crippen LogP contribution in [0.5, 0.6) is 0 Å². The van der Waals surface area contributed by atoms with Crippen molar-refractivity contribution in [2.45, 2.75) is 32.6 Å². The van der Waals surface area contributed by atoms with E-state index < -0.39 is 0 Å². The number of hydrogen-bond donors (Lipinski definition) is 2. The molecule has 2 atom stereocenters. The maximum Gasteiger partial charge on any atom is 0.122 e. The lowest BCUT2D eigenvalue weighted by molar-refractivity contribution is 0.596. The van der Waals surface area contributed by atoms with Crippen LogP contribution in [0.1, 0.15) is 42.5 Å². The zero-order valence-electron chi connectivity index (χ0n) is 11.7. The van der Waals surface area contributed by atoms with E-state index in [0.29, 0.717) is 27.7 Å². The molecule has 1 saturated carbocycles. The smallest absolute Gasteiger partial charge is 0.122 e. The average Bonchev–Trinajstić information content (AvgIpc) is 2.75. The van der Waals surface area contributed by atoms with E-state index in [9.17, 15) is 0 Å². The predicted molar refractivity (Wildman–Crippen MR) is 83.5 cm³/mol. The van der Waals surface area contributed by atoms with E-state index in [0.717, 1.165) is 11.3 Å². The lowest BCUT2D eigenvalue weighted by Gasteiger charge is -2.04. The van der Waals surface area contributed by atoms with Gasteiger partial charge in [0.2, 0.25) is 0 Å². The Morgan fingerprint density at radius 2 is 1.75 bits per heavy atom. The van der Waals surface area contributed by atoms with Crippen molar-refractivity contribution in [2.24, 2.45) is 5.41 Å². The minimum Gasteiger partial charge on any atom is -0.384 e. The lowest BCUT2D eigenvalue weighted by Crippen LogP contribution is -1.93. The molecule has 20 heavy (non-hydrogen) atoms. The number of H-pyrrole nitrogens is 1. The molecule has 0 radical (unpaired) electrons. The zero-order valence-corrected chi connectivity index (χ0v) is 13.2. The number of anilines is 1. The Bertz CT molecular complexity index is 656. The van der Waals surface area contributed by atoms with Crippen LogP contribution in [0.25, 0.3) is 0 Å². The summed E-state index contributed by atoms with van der Waals surface area (Å²) in [6.45, 7) is 6.48. The number of nitrogens with zero attached hydrogens (tertiary/aromatic N) is 1. The van der Waals surface area contributed by atoms with Gasteiger partial charge in [0.1, 0.15) is 5.82 Å². The Morgan fingerprint density at radius 3 is 2.25 bits per heavy atom. The van der Waals surface area contributed by atoms with E-state index >= 15 is 0 Å². The van der Waals surface area contributed by atoms with Gasteiger partial charge in [-0.2, -0.15) is 5.10 Å². The number of benzene rings is 1. The Labute approximate surface area is 128 Å². The van der Waals surface area contributed by atoms with Crippen LogP contribution in [0.3, 0.4) is 0 Å². The number of halogens is 2. The summed E-state index contributed by atoms with van der Waals surface area (Å²) in [7, 11) is 0. The lowest BCUT2D eigenvalue weighted by atomic mass is 10.0. The van der Waals surface area contributed by atoms with Crippen molar-refractivity contribution in [3.8, 4) is 0 Å². The summed E-state index contributed by atoms with van der Waals surface area (Å²) >= 11 is 12.2. The fourth-order valence-corrected chi connectivity index (χ4v) is 3.80. The van der Waals surface area contributed by atoms with Gasteiger partial charge in [-0.25, -0.2) is 0 Å². The molecule has 3 nitrogen and oxygen atoms in total. The van der Waals surface area contributed by atoms with Gasteiger partial charge in [-0.15, -0.1) is 0 Å². The first-order chi connectivity index (χ1) is 9.32. The van der Waals surface area contributed by atoms with Gasteiger partial charge >= 0.3 is 0 Å². The Kier molecular flexibility index (Phi) is 3.03. The molecule has 1 aromatic heterocycles. The molecule has 0 saturated heterocycles. The standard InChI is InChI=1S/C15H17Cl2N3/c1-7-13(19-20-14(7)18)12-11(15(12,2)3)8-4-9(16)6-10(17)5-8/h4-6,11-12H,1-3H3,(H3,18,19,20)/t11-,12+/m1/s1. The second-order valence-corrected chi connectivity index (χ2v) is 7.00. The van der Waals surface area contributed by atoms with Crippen molar-refractivity contribution < 1.29 is 0 Å². The summed E-state index contributed by atoms with van der Waals surface area (Å²) in [5.41, 5.74) is 9.25. The van der Waals surface area contributed by atoms with Gasteiger partial charge in [0.15, 0.2) is 0 Å². The molecule has 0 bridgehead atoms. The topological polar surface area (TPSA) is 54.7 Å². The van der Waals surface area contributed by atoms with E-state index in [1.807, 2.05) is 19.1 Å². The summed E-state index contributed by atoms with van der Waals surface area (Å²) in [6, 6.07) is 5.74. The van der Waals surface area contributed by atoms with Crippen molar-refractivity contribution in [3.05, 3.63) is 45.1 Å². The summed E-state index contributed by atoms with van der Waals surface area (Å²) in [5, 5.41) is 8.59. The van der Waals surface area contributed by atoms with Crippen LogP contribution >= 0.6 is 23.2 Å². The van der Waals surface area contributed by atoms with Gasteiger partial charge in [-0.3, -0.25) is 5.10 Å². The molecule has 5 heteroatoms.